The summed E-state index contributed by atoms with van der Waals surface area (Å²) < 4.78 is 28.4. The zero-order chi connectivity index (χ0) is 12.5. The Balaban J connectivity index is 2.09. The maximum Gasteiger partial charge on any atom is 0.299 e. The highest BCUT2D eigenvalue weighted by molar-refractivity contribution is 7.90. The predicted molar refractivity (Wildman–Crippen MR) is 67.7 cm³/mol. The van der Waals surface area contributed by atoms with E-state index in [9.17, 15) is 8.42 Å². The number of hydrogen-bond acceptors (Lipinski definition) is 3. The molecule has 0 aliphatic heterocycles. The SMILES string of the molecule is CC(N)c1cccc(NS(=O)(=O)NC2CC2)c1. The van der Waals surface area contributed by atoms with E-state index < -0.39 is 10.2 Å². The molecule has 1 atom stereocenters. The average molecular weight is 255 g/mol. The van der Waals surface area contributed by atoms with Gasteiger partial charge in [0, 0.05) is 12.1 Å². The molecule has 94 valence electrons. The van der Waals surface area contributed by atoms with Gasteiger partial charge in [0.15, 0.2) is 0 Å². The number of nitrogens with one attached hydrogen (secondary N) is 2. The van der Waals surface area contributed by atoms with Crippen molar-refractivity contribution in [3.05, 3.63) is 29.8 Å². The molecular formula is C11H17N3O2S. The summed E-state index contributed by atoms with van der Waals surface area (Å²) in [5.74, 6) is 0. The third kappa shape index (κ3) is 3.69. The van der Waals surface area contributed by atoms with Crippen molar-refractivity contribution in [2.75, 3.05) is 4.72 Å². The van der Waals surface area contributed by atoms with Crippen molar-refractivity contribution in [3.8, 4) is 0 Å². The molecule has 1 fully saturated rings. The Bertz CT molecular complexity index is 495. The summed E-state index contributed by atoms with van der Waals surface area (Å²) >= 11 is 0. The van der Waals surface area contributed by atoms with Crippen LogP contribution >= 0.6 is 0 Å². The summed E-state index contributed by atoms with van der Waals surface area (Å²) in [6.45, 7) is 1.86. The van der Waals surface area contributed by atoms with E-state index in [0.717, 1.165) is 18.4 Å². The topological polar surface area (TPSA) is 84.2 Å². The minimum atomic E-state index is -3.45. The number of anilines is 1. The Morgan fingerprint density at radius 3 is 2.71 bits per heavy atom. The molecule has 0 bridgehead atoms. The first kappa shape index (κ1) is 12.3. The zero-order valence-electron chi connectivity index (χ0n) is 9.68. The van der Waals surface area contributed by atoms with Gasteiger partial charge in [0.2, 0.25) is 0 Å². The summed E-state index contributed by atoms with van der Waals surface area (Å²) in [5, 5.41) is 0. The summed E-state index contributed by atoms with van der Waals surface area (Å²) in [7, 11) is -3.45. The van der Waals surface area contributed by atoms with Crippen LogP contribution in [0.1, 0.15) is 31.4 Å². The lowest BCUT2D eigenvalue weighted by Gasteiger charge is -2.11. The third-order valence-corrected chi connectivity index (χ3v) is 3.71. The number of hydrogen-bond donors (Lipinski definition) is 3. The Hall–Kier alpha value is -1.11. The molecule has 1 unspecified atom stereocenters. The first-order valence-electron chi connectivity index (χ1n) is 5.62. The van der Waals surface area contributed by atoms with Crippen LogP contribution in [0.2, 0.25) is 0 Å². The fourth-order valence-corrected chi connectivity index (χ4v) is 2.66. The van der Waals surface area contributed by atoms with Gasteiger partial charge in [-0.1, -0.05) is 12.1 Å². The molecule has 6 heteroatoms. The van der Waals surface area contributed by atoms with Crippen molar-refractivity contribution in [1.29, 1.82) is 0 Å². The lowest BCUT2D eigenvalue weighted by atomic mass is 10.1. The molecule has 17 heavy (non-hydrogen) atoms. The Morgan fingerprint density at radius 1 is 1.41 bits per heavy atom. The normalized spacial score (nSPS) is 17.8. The monoisotopic (exact) mass is 255 g/mol. The van der Waals surface area contributed by atoms with Gasteiger partial charge < -0.3 is 5.73 Å². The Labute approximate surface area is 102 Å². The minimum Gasteiger partial charge on any atom is -0.324 e. The largest absolute Gasteiger partial charge is 0.324 e. The fourth-order valence-electron chi connectivity index (χ4n) is 1.49. The van der Waals surface area contributed by atoms with Crippen molar-refractivity contribution in [2.45, 2.75) is 31.8 Å². The van der Waals surface area contributed by atoms with Gasteiger partial charge in [-0.15, -0.1) is 0 Å². The molecular weight excluding hydrogens is 238 g/mol. The number of benzene rings is 1. The van der Waals surface area contributed by atoms with E-state index >= 15 is 0 Å². The maximum atomic E-state index is 11.7. The molecule has 1 saturated carbocycles. The van der Waals surface area contributed by atoms with E-state index in [4.69, 9.17) is 5.73 Å². The molecule has 0 spiro atoms. The lowest BCUT2D eigenvalue weighted by molar-refractivity contribution is 0.586. The van der Waals surface area contributed by atoms with Crippen LogP contribution in [0.4, 0.5) is 5.69 Å². The van der Waals surface area contributed by atoms with Crippen molar-refractivity contribution < 1.29 is 8.42 Å². The lowest BCUT2D eigenvalue weighted by Crippen LogP contribution is -2.31. The average Bonchev–Trinajstić information content (AvgIpc) is 3.00. The highest BCUT2D eigenvalue weighted by Gasteiger charge is 2.26. The first-order valence-corrected chi connectivity index (χ1v) is 7.10. The van der Waals surface area contributed by atoms with Gasteiger partial charge in [-0.25, -0.2) is 0 Å². The van der Waals surface area contributed by atoms with Crippen LogP contribution in [0.3, 0.4) is 0 Å². The van der Waals surface area contributed by atoms with E-state index in [-0.39, 0.29) is 12.1 Å². The van der Waals surface area contributed by atoms with Crippen molar-refractivity contribution in [1.82, 2.24) is 4.72 Å². The predicted octanol–water partition coefficient (Wildman–Crippen LogP) is 1.11. The second-order valence-corrected chi connectivity index (χ2v) is 5.86. The van der Waals surface area contributed by atoms with Crippen LogP contribution in [-0.4, -0.2) is 14.5 Å². The quantitative estimate of drug-likeness (QED) is 0.737. The molecule has 0 heterocycles. The molecule has 0 aromatic heterocycles. The summed E-state index contributed by atoms with van der Waals surface area (Å²) in [4.78, 5) is 0. The van der Waals surface area contributed by atoms with E-state index in [1.807, 2.05) is 13.0 Å². The van der Waals surface area contributed by atoms with E-state index in [0.29, 0.717) is 5.69 Å². The maximum absolute atomic E-state index is 11.7. The fraction of sp³-hybridized carbons (Fsp3) is 0.455. The summed E-state index contributed by atoms with van der Waals surface area (Å²) in [6.07, 6.45) is 1.83. The molecule has 1 aromatic rings. The molecule has 1 aromatic carbocycles. The standard InChI is InChI=1S/C11H17N3O2S/c1-8(12)9-3-2-4-11(7-9)14-17(15,16)13-10-5-6-10/h2-4,7-8,10,13-14H,5-6,12H2,1H3. The van der Waals surface area contributed by atoms with Gasteiger partial charge in [-0.2, -0.15) is 13.1 Å². The van der Waals surface area contributed by atoms with Gasteiger partial charge in [0.25, 0.3) is 10.2 Å². The van der Waals surface area contributed by atoms with Crippen LogP contribution in [0.25, 0.3) is 0 Å². The highest BCUT2D eigenvalue weighted by Crippen LogP contribution is 2.21. The van der Waals surface area contributed by atoms with Gasteiger partial charge in [0.05, 0.1) is 5.69 Å². The van der Waals surface area contributed by atoms with Crippen molar-refractivity contribution in [3.63, 3.8) is 0 Å². The first-order chi connectivity index (χ1) is 7.96. The molecule has 2 rings (SSSR count). The van der Waals surface area contributed by atoms with Crippen LogP contribution in [-0.2, 0) is 10.2 Å². The Morgan fingerprint density at radius 2 is 2.12 bits per heavy atom. The van der Waals surface area contributed by atoms with Gasteiger partial charge in [0.1, 0.15) is 0 Å². The van der Waals surface area contributed by atoms with Crippen LogP contribution in [0.15, 0.2) is 24.3 Å². The van der Waals surface area contributed by atoms with Gasteiger partial charge in [-0.05, 0) is 37.5 Å². The van der Waals surface area contributed by atoms with Crippen molar-refractivity contribution >= 4 is 15.9 Å². The molecule has 1 aliphatic carbocycles. The molecule has 0 saturated heterocycles. The second-order valence-electron chi connectivity index (χ2n) is 4.41. The highest BCUT2D eigenvalue weighted by atomic mass is 32.2. The zero-order valence-corrected chi connectivity index (χ0v) is 10.5. The van der Waals surface area contributed by atoms with Crippen LogP contribution < -0.4 is 15.2 Å². The van der Waals surface area contributed by atoms with E-state index in [2.05, 4.69) is 9.44 Å². The van der Waals surface area contributed by atoms with E-state index in [1.54, 1.807) is 18.2 Å². The van der Waals surface area contributed by atoms with Crippen LogP contribution in [0.5, 0.6) is 0 Å². The van der Waals surface area contributed by atoms with Crippen LogP contribution in [0, 0.1) is 0 Å². The van der Waals surface area contributed by atoms with Crippen molar-refractivity contribution in [2.24, 2.45) is 5.73 Å². The summed E-state index contributed by atoms with van der Waals surface area (Å²) in [5.41, 5.74) is 7.18. The smallest absolute Gasteiger partial charge is 0.299 e. The van der Waals surface area contributed by atoms with Gasteiger partial charge >= 0.3 is 0 Å². The minimum absolute atomic E-state index is 0.101. The molecule has 0 amide bonds. The molecule has 4 N–H and O–H groups in total. The summed E-state index contributed by atoms with van der Waals surface area (Å²) in [6, 6.07) is 7.10. The second kappa shape index (κ2) is 4.64. The molecule has 1 aliphatic rings. The van der Waals surface area contributed by atoms with E-state index in [1.165, 1.54) is 0 Å². The van der Waals surface area contributed by atoms with Gasteiger partial charge in [-0.3, -0.25) is 4.72 Å². The number of nitrogens with two attached hydrogens (primary N) is 1. The Kier molecular flexibility index (Phi) is 3.37. The number of rotatable bonds is 5. The molecule has 5 nitrogen and oxygen atoms in total. The molecule has 0 radical (unpaired) electrons. The third-order valence-electron chi connectivity index (χ3n) is 2.56.